The number of halogens is 1. The number of hydrogen-bond acceptors (Lipinski definition) is 7. The fraction of sp³-hybridized carbons (Fsp3) is 0.483. The molecule has 0 spiro atoms. The summed E-state index contributed by atoms with van der Waals surface area (Å²) in [6.45, 7) is 8.81. The number of pyridine rings is 1. The summed E-state index contributed by atoms with van der Waals surface area (Å²) < 4.78 is 18.1. The van der Waals surface area contributed by atoms with Crippen molar-refractivity contribution < 1.29 is 23.8 Å². The molecule has 3 heterocycles. The average molecular weight is 572 g/mol. The Morgan fingerprint density at radius 2 is 1.75 bits per heavy atom. The number of methoxy groups -OCH3 is 2. The van der Waals surface area contributed by atoms with Gasteiger partial charge in [-0.25, -0.2) is 9.78 Å². The van der Waals surface area contributed by atoms with Gasteiger partial charge in [-0.05, 0) is 45.7 Å². The van der Waals surface area contributed by atoms with E-state index >= 15 is 0 Å². The molecule has 3 aromatic rings. The number of piperazine rings is 1. The quantitative estimate of drug-likeness (QED) is 0.360. The van der Waals surface area contributed by atoms with E-state index in [0.29, 0.717) is 42.6 Å². The number of ether oxygens (including phenoxy) is 3. The largest absolute Gasteiger partial charge is 0.496 e. The molecule has 1 saturated heterocycles. The van der Waals surface area contributed by atoms with E-state index in [1.54, 1.807) is 26.4 Å². The van der Waals surface area contributed by atoms with Gasteiger partial charge in [0.15, 0.2) is 0 Å². The molecule has 1 fully saturated rings. The van der Waals surface area contributed by atoms with Crippen molar-refractivity contribution >= 4 is 34.9 Å². The van der Waals surface area contributed by atoms with Gasteiger partial charge in [-0.1, -0.05) is 11.6 Å². The van der Waals surface area contributed by atoms with Crippen molar-refractivity contribution in [2.45, 2.75) is 45.6 Å². The second-order valence-corrected chi connectivity index (χ2v) is 11.1. The molecular weight excluding hydrogens is 534 g/mol. The van der Waals surface area contributed by atoms with Gasteiger partial charge in [0.05, 0.1) is 24.9 Å². The van der Waals surface area contributed by atoms with E-state index in [4.69, 9.17) is 30.8 Å². The van der Waals surface area contributed by atoms with Crippen molar-refractivity contribution in [2.24, 2.45) is 0 Å². The van der Waals surface area contributed by atoms with E-state index < -0.39 is 11.7 Å². The third-order valence-corrected chi connectivity index (χ3v) is 6.97. The summed E-state index contributed by atoms with van der Waals surface area (Å²) in [4.78, 5) is 33.4. The number of unbranched alkanes of at least 4 members (excludes halogenated alkanes) is 1. The smallest absolute Gasteiger partial charge is 0.407 e. The number of imidazole rings is 1. The van der Waals surface area contributed by atoms with Gasteiger partial charge >= 0.3 is 6.09 Å². The second kappa shape index (κ2) is 12.7. The molecule has 0 aliphatic carbocycles. The Bertz CT molecular complexity index is 1340. The number of alkyl carbamates (subject to hydrolysis) is 1. The van der Waals surface area contributed by atoms with Crippen LogP contribution in [0.15, 0.2) is 36.7 Å². The highest BCUT2D eigenvalue weighted by molar-refractivity contribution is 6.32. The highest BCUT2D eigenvalue weighted by Gasteiger charge is 2.22. The first-order valence-corrected chi connectivity index (χ1v) is 13.9. The molecule has 10 nitrogen and oxygen atoms in total. The summed E-state index contributed by atoms with van der Waals surface area (Å²) in [5, 5.41) is 3.22. The summed E-state index contributed by atoms with van der Waals surface area (Å²) in [7, 11) is 3.17. The Kier molecular flexibility index (Phi) is 9.29. The van der Waals surface area contributed by atoms with Crippen LogP contribution in [0.1, 0.15) is 40.0 Å². The SMILES string of the molecule is COc1cc(OC)c(-c2cn3ccc(N4CCN(C(=O)CCCCNC(=O)OC(C)(C)C)CC4)cc3n2)cc1Cl. The molecule has 4 rings (SSSR count). The molecule has 2 amide bonds. The molecule has 216 valence electrons. The van der Waals surface area contributed by atoms with E-state index in [1.165, 1.54) is 0 Å². The van der Waals surface area contributed by atoms with E-state index in [1.807, 2.05) is 42.5 Å². The van der Waals surface area contributed by atoms with Crippen molar-refractivity contribution in [1.82, 2.24) is 19.6 Å². The number of fused-ring (bicyclic) bond motifs is 1. The van der Waals surface area contributed by atoms with E-state index in [0.717, 1.165) is 48.5 Å². The Labute approximate surface area is 240 Å². The number of rotatable bonds is 9. The van der Waals surface area contributed by atoms with Gasteiger partial charge in [-0.15, -0.1) is 0 Å². The van der Waals surface area contributed by atoms with Crippen molar-refractivity contribution in [3.8, 4) is 22.8 Å². The van der Waals surface area contributed by atoms with Crippen LogP contribution in [0.25, 0.3) is 16.9 Å². The molecule has 0 radical (unpaired) electrons. The number of anilines is 1. The van der Waals surface area contributed by atoms with Crippen molar-refractivity contribution in [2.75, 3.05) is 51.8 Å². The first kappa shape index (κ1) is 29.3. The second-order valence-electron chi connectivity index (χ2n) is 10.7. The van der Waals surface area contributed by atoms with Crippen molar-refractivity contribution in [1.29, 1.82) is 0 Å². The van der Waals surface area contributed by atoms with E-state index in [2.05, 4.69) is 22.3 Å². The lowest BCUT2D eigenvalue weighted by atomic mass is 10.1. The average Bonchev–Trinajstić information content (AvgIpc) is 3.35. The standard InChI is InChI=1S/C29H38ClN5O5/c1-29(2,3)40-28(37)31-10-7-6-8-27(36)34-14-12-33(13-15-34)20-9-11-35-19-23(32-26(35)16-20)21-17-22(30)25(39-5)18-24(21)38-4/h9,11,16-19H,6-8,10,12-15H2,1-5H3,(H,31,37). The predicted molar refractivity (Wildman–Crippen MR) is 156 cm³/mol. The van der Waals surface area contributed by atoms with Gasteiger partial charge in [0, 0.05) is 74.9 Å². The van der Waals surface area contributed by atoms with Gasteiger partial charge in [-0.3, -0.25) is 4.79 Å². The summed E-state index contributed by atoms with van der Waals surface area (Å²) in [5.41, 5.74) is 2.88. The van der Waals surface area contributed by atoms with Crippen LogP contribution >= 0.6 is 11.6 Å². The fourth-order valence-corrected chi connectivity index (χ4v) is 4.88. The molecule has 0 atom stereocenters. The van der Waals surface area contributed by atoms with Crippen molar-refractivity contribution in [3.63, 3.8) is 0 Å². The highest BCUT2D eigenvalue weighted by atomic mass is 35.5. The van der Waals surface area contributed by atoms with Crippen LogP contribution in [0.5, 0.6) is 11.5 Å². The van der Waals surface area contributed by atoms with E-state index in [9.17, 15) is 9.59 Å². The minimum atomic E-state index is -0.518. The zero-order valence-electron chi connectivity index (χ0n) is 23.8. The van der Waals surface area contributed by atoms with E-state index in [-0.39, 0.29) is 5.91 Å². The number of carbonyl (C=O) groups is 2. The zero-order chi connectivity index (χ0) is 28.9. The lowest BCUT2D eigenvalue weighted by molar-refractivity contribution is -0.131. The minimum absolute atomic E-state index is 0.150. The number of nitrogens with zero attached hydrogens (tertiary/aromatic N) is 4. The summed E-state index contributed by atoms with van der Waals surface area (Å²) >= 11 is 6.37. The van der Waals surface area contributed by atoms with Crippen LogP contribution in [-0.4, -0.2) is 78.8 Å². The predicted octanol–water partition coefficient (Wildman–Crippen LogP) is 5.02. The first-order valence-electron chi connectivity index (χ1n) is 13.5. The summed E-state index contributed by atoms with van der Waals surface area (Å²) in [5.74, 6) is 1.32. The molecule has 2 aromatic heterocycles. The van der Waals surface area contributed by atoms with Gasteiger partial charge in [0.2, 0.25) is 5.91 Å². The van der Waals surface area contributed by atoms with Gasteiger partial charge in [0.25, 0.3) is 0 Å². The maximum absolute atomic E-state index is 12.7. The number of hydrogen-bond donors (Lipinski definition) is 1. The third-order valence-electron chi connectivity index (χ3n) is 6.68. The number of nitrogens with one attached hydrogen (secondary N) is 1. The maximum Gasteiger partial charge on any atom is 0.407 e. The van der Waals surface area contributed by atoms with Crippen LogP contribution in [0.2, 0.25) is 5.02 Å². The molecule has 0 unspecified atom stereocenters. The molecule has 11 heteroatoms. The minimum Gasteiger partial charge on any atom is -0.496 e. The molecule has 1 aromatic carbocycles. The van der Waals surface area contributed by atoms with Crippen LogP contribution in [0.3, 0.4) is 0 Å². The Hall–Kier alpha value is -3.66. The van der Waals surface area contributed by atoms with Gasteiger partial charge in [-0.2, -0.15) is 0 Å². The molecule has 1 aliphatic rings. The lowest BCUT2D eigenvalue weighted by Gasteiger charge is -2.36. The lowest BCUT2D eigenvalue weighted by Crippen LogP contribution is -2.48. The zero-order valence-corrected chi connectivity index (χ0v) is 24.6. The molecule has 0 bridgehead atoms. The van der Waals surface area contributed by atoms with Gasteiger partial charge < -0.3 is 33.7 Å². The van der Waals surface area contributed by atoms with Gasteiger partial charge in [0.1, 0.15) is 22.7 Å². The number of aromatic nitrogens is 2. The van der Waals surface area contributed by atoms with Crippen LogP contribution < -0.4 is 19.7 Å². The number of carbonyl (C=O) groups excluding carboxylic acids is 2. The summed E-state index contributed by atoms with van der Waals surface area (Å²) in [6, 6.07) is 7.67. The van der Waals surface area contributed by atoms with Crippen LogP contribution in [0.4, 0.5) is 10.5 Å². The first-order chi connectivity index (χ1) is 19.1. The molecule has 1 aliphatic heterocycles. The summed E-state index contributed by atoms with van der Waals surface area (Å²) in [6.07, 6.45) is 5.42. The number of amides is 2. The molecule has 1 N–H and O–H groups in total. The van der Waals surface area contributed by atoms with Crippen LogP contribution in [-0.2, 0) is 9.53 Å². The maximum atomic E-state index is 12.7. The fourth-order valence-electron chi connectivity index (χ4n) is 4.64. The van der Waals surface area contributed by atoms with Crippen molar-refractivity contribution in [3.05, 3.63) is 41.7 Å². The Morgan fingerprint density at radius 1 is 1.02 bits per heavy atom. The highest BCUT2D eigenvalue weighted by Crippen LogP contribution is 2.38. The Balaban J connectivity index is 1.29. The molecule has 40 heavy (non-hydrogen) atoms. The number of benzene rings is 1. The molecular formula is C29H38ClN5O5. The monoisotopic (exact) mass is 571 g/mol. The topological polar surface area (TPSA) is 97.6 Å². The molecule has 0 saturated carbocycles. The Morgan fingerprint density at radius 3 is 2.42 bits per heavy atom. The van der Waals surface area contributed by atoms with Crippen LogP contribution in [0, 0.1) is 0 Å². The third kappa shape index (κ3) is 7.29. The normalized spacial score (nSPS) is 13.8.